The molecule has 98 valence electrons. The van der Waals surface area contributed by atoms with Crippen molar-refractivity contribution in [3.05, 3.63) is 58.4 Å². The molecule has 2 heterocycles. The number of nitrogens with two attached hydrogens (primary N) is 1. The number of para-hydroxylation sites is 1. The van der Waals surface area contributed by atoms with E-state index in [1.165, 1.54) is 21.3 Å². The number of thiophene rings is 1. The first-order chi connectivity index (χ1) is 9.24. The predicted molar refractivity (Wildman–Crippen MR) is 82.7 cm³/mol. The van der Waals surface area contributed by atoms with Crippen LogP contribution in [-0.2, 0) is 13.0 Å². The van der Waals surface area contributed by atoms with Crippen molar-refractivity contribution >= 4 is 22.2 Å². The van der Waals surface area contributed by atoms with Gasteiger partial charge in [-0.1, -0.05) is 24.3 Å². The van der Waals surface area contributed by atoms with Gasteiger partial charge in [-0.05, 0) is 41.8 Å². The molecule has 0 saturated carbocycles. The summed E-state index contributed by atoms with van der Waals surface area (Å²) in [6.45, 7) is 3.00. The van der Waals surface area contributed by atoms with E-state index in [9.17, 15) is 0 Å². The van der Waals surface area contributed by atoms with Gasteiger partial charge in [-0.15, -0.1) is 11.3 Å². The third-order valence-electron chi connectivity index (χ3n) is 3.32. The summed E-state index contributed by atoms with van der Waals surface area (Å²) in [5, 5.41) is 3.43. The normalized spacial score (nSPS) is 12.9. The number of nitrogens with zero attached hydrogens (tertiary/aromatic N) is 1. The van der Waals surface area contributed by atoms with E-state index in [0.29, 0.717) is 0 Å². The highest BCUT2D eigenvalue weighted by atomic mass is 32.1. The minimum absolute atomic E-state index is 0.190. The Kier molecular flexibility index (Phi) is 3.40. The zero-order valence-electron chi connectivity index (χ0n) is 11.0. The van der Waals surface area contributed by atoms with E-state index < -0.39 is 0 Å². The maximum Gasteiger partial charge on any atom is 0.0569 e. The van der Waals surface area contributed by atoms with E-state index in [1.807, 2.05) is 0 Å². The smallest absolute Gasteiger partial charge is 0.0569 e. The second-order valence-corrected chi connectivity index (χ2v) is 6.09. The molecule has 19 heavy (non-hydrogen) atoms. The van der Waals surface area contributed by atoms with Crippen molar-refractivity contribution in [1.29, 1.82) is 0 Å². The van der Waals surface area contributed by atoms with Gasteiger partial charge in [-0.3, -0.25) is 0 Å². The molecular formula is C16H18N2S. The number of hydrogen-bond donors (Lipinski definition) is 1. The van der Waals surface area contributed by atoms with E-state index >= 15 is 0 Å². The molecular weight excluding hydrogens is 252 g/mol. The Morgan fingerprint density at radius 1 is 1.21 bits per heavy atom. The SMILES string of the molecule is CC(N)Cc1cccc2ccn(Cc3cccs3)c12. The van der Waals surface area contributed by atoms with Crippen LogP contribution in [0.5, 0.6) is 0 Å². The summed E-state index contributed by atoms with van der Waals surface area (Å²) in [5.41, 5.74) is 8.63. The standard InChI is InChI=1S/C16H18N2S/c1-12(17)10-14-5-2-4-13-7-8-18(16(13)14)11-15-6-3-9-19-15/h2-9,12H,10-11,17H2,1H3. The number of fused-ring (bicyclic) bond motifs is 1. The Bertz CT molecular complexity index is 665. The van der Waals surface area contributed by atoms with Crippen molar-refractivity contribution in [3.63, 3.8) is 0 Å². The fourth-order valence-corrected chi connectivity index (χ4v) is 3.26. The lowest BCUT2D eigenvalue weighted by Gasteiger charge is -2.11. The maximum absolute atomic E-state index is 5.96. The average molecular weight is 270 g/mol. The van der Waals surface area contributed by atoms with Crippen LogP contribution in [0.4, 0.5) is 0 Å². The summed E-state index contributed by atoms with van der Waals surface area (Å²) < 4.78 is 2.33. The van der Waals surface area contributed by atoms with Gasteiger partial charge < -0.3 is 10.3 Å². The van der Waals surface area contributed by atoms with Crippen LogP contribution in [0.1, 0.15) is 17.4 Å². The van der Waals surface area contributed by atoms with Gasteiger partial charge in [0.05, 0.1) is 12.1 Å². The van der Waals surface area contributed by atoms with Crippen molar-refractivity contribution in [2.45, 2.75) is 25.9 Å². The molecule has 3 rings (SSSR count). The van der Waals surface area contributed by atoms with E-state index in [1.54, 1.807) is 11.3 Å². The number of benzene rings is 1. The van der Waals surface area contributed by atoms with Crippen LogP contribution in [0.3, 0.4) is 0 Å². The molecule has 2 nitrogen and oxygen atoms in total. The minimum atomic E-state index is 0.190. The summed E-state index contributed by atoms with van der Waals surface area (Å²) in [6, 6.07) is 13.2. The molecule has 0 aliphatic rings. The average Bonchev–Trinajstić information content (AvgIpc) is 3.00. The van der Waals surface area contributed by atoms with Crippen LogP contribution in [-0.4, -0.2) is 10.6 Å². The monoisotopic (exact) mass is 270 g/mol. The van der Waals surface area contributed by atoms with E-state index in [2.05, 4.69) is 59.5 Å². The van der Waals surface area contributed by atoms with Gasteiger partial charge in [0.2, 0.25) is 0 Å². The van der Waals surface area contributed by atoms with Crippen LogP contribution in [0.15, 0.2) is 48.0 Å². The Morgan fingerprint density at radius 2 is 2.11 bits per heavy atom. The summed E-state index contributed by atoms with van der Waals surface area (Å²) >= 11 is 1.80. The second-order valence-electron chi connectivity index (χ2n) is 5.06. The van der Waals surface area contributed by atoms with Gasteiger partial charge in [-0.2, -0.15) is 0 Å². The summed E-state index contributed by atoms with van der Waals surface area (Å²) in [7, 11) is 0. The molecule has 0 fully saturated rings. The maximum atomic E-state index is 5.96. The van der Waals surface area contributed by atoms with Crippen molar-refractivity contribution in [2.75, 3.05) is 0 Å². The van der Waals surface area contributed by atoms with E-state index in [-0.39, 0.29) is 6.04 Å². The molecule has 0 aliphatic heterocycles. The van der Waals surface area contributed by atoms with Gasteiger partial charge in [0.15, 0.2) is 0 Å². The van der Waals surface area contributed by atoms with Gasteiger partial charge in [-0.25, -0.2) is 0 Å². The Labute approximate surface area is 117 Å². The number of hydrogen-bond acceptors (Lipinski definition) is 2. The fraction of sp³-hybridized carbons (Fsp3) is 0.250. The topological polar surface area (TPSA) is 30.9 Å². The quantitative estimate of drug-likeness (QED) is 0.771. The summed E-state index contributed by atoms with van der Waals surface area (Å²) in [4.78, 5) is 1.38. The van der Waals surface area contributed by atoms with Crippen LogP contribution in [0.25, 0.3) is 10.9 Å². The zero-order chi connectivity index (χ0) is 13.2. The molecule has 1 aromatic carbocycles. The molecule has 0 amide bonds. The van der Waals surface area contributed by atoms with Crippen LogP contribution >= 0.6 is 11.3 Å². The molecule has 0 saturated heterocycles. The molecule has 1 atom stereocenters. The molecule has 3 aromatic rings. The molecule has 0 radical (unpaired) electrons. The third-order valence-corrected chi connectivity index (χ3v) is 4.18. The third kappa shape index (κ3) is 2.57. The number of rotatable bonds is 4. The van der Waals surface area contributed by atoms with Crippen molar-refractivity contribution < 1.29 is 0 Å². The van der Waals surface area contributed by atoms with Gasteiger partial charge in [0, 0.05) is 17.1 Å². The first-order valence-electron chi connectivity index (χ1n) is 6.59. The molecule has 0 bridgehead atoms. The first kappa shape index (κ1) is 12.5. The lowest BCUT2D eigenvalue weighted by Crippen LogP contribution is -2.18. The van der Waals surface area contributed by atoms with Crippen molar-refractivity contribution in [1.82, 2.24) is 4.57 Å². The van der Waals surface area contributed by atoms with Crippen LogP contribution in [0, 0.1) is 0 Å². The van der Waals surface area contributed by atoms with E-state index in [0.717, 1.165) is 13.0 Å². The van der Waals surface area contributed by atoms with Crippen LogP contribution in [0.2, 0.25) is 0 Å². The Morgan fingerprint density at radius 3 is 2.84 bits per heavy atom. The highest BCUT2D eigenvalue weighted by Gasteiger charge is 2.08. The van der Waals surface area contributed by atoms with Crippen molar-refractivity contribution in [2.24, 2.45) is 5.73 Å². The minimum Gasteiger partial charge on any atom is -0.342 e. The first-order valence-corrected chi connectivity index (χ1v) is 7.46. The summed E-state index contributed by atoms with van der Waals surface area (Å²) in [6.07, 6.45) is 3.10. The van der Waals surface area contributed by atoms with Gasteiger partial charge in [0.25, 0.3) is 0 Å². The highest BCUT2D eigenvalue weighted by molar-refractivity contribution is 7.09. The molecule has 0 spiro atoms. The highest BCUT2D eigenvalue weighted by Crippen LogP contribution is 2.23. The molecule has 0 aliphatic carbocycles. The largest absolute Gasteiger partial charge is 0.342 e. The predicted octanol–water partition coefficient (Wildman–Crippen LogP) is 3.64. The lowest BCUT2D eigenvalue weighted by molar-refractivity contribution is 0.735. The second kappa shape index (κ2) is 5.19. The molecule has 2 aromatic heterocycles. The van der Waals surface area contributed by atoms with Gasteiger partial charge >= 0.3 is 0 Å². The Hall–Kier alpha value is -1.58. The summed E-state index contributed by atoms with van der Waals surface area (Å²) in [5.74, 6) is 0. The fourth-order valence-electron chi connectivity index (χ4n) is 2.55. The Balaban J connectivity index is 2.04. The molecule has 1 unspecified atom stereocenters. The molecule has 3 heteroatoms. The van der Waals surface area contributed by atoms with Crippen molar-refractivity contribution in [3.8, 4) is 0 Å². The van der Waals surface area contributed by atoms with Crippen LogP contribution < -0.4 is 5.73 Å². The van der Waals surface area contributed by atoms with Gasteiger partial charge in [0.1, 0.15) is 0 Å². The lowest BCUT2D eigenvalue weighted by atomic mass is 10.0. The number of aromatic nitrogens is 1. The van der Waals surface area contributed by atoms with E-state index in [4.69, 9.17) is 5.73 Å². The molecule has 2 N–H and O–H groups in total. The zero-order valence-corrected chi connectivity index (χ0v) is 11.9.